The van der Waals surface area contributed by atoms with Gasteiger partial charge in [-0.25, -0.2) is 4.42 Å². The van der Waals surface area contributed by atoms with Crippen LogP contribution in [0.25, 0.3) is 0 Å². The molecule has 0 bridgehead atoms. The van der Waals surface area contributed by atoms with Crippen LogP contribution in [0.15, 0.2) is 58.0 Å². The Morgan fingerprint density at radius 3 is 1.55 bits per heavy atom. The van der Waals surface area contributed by atoms with E-state index in [0.717, 1.165) is 0 Å². The van der Waals surface area contributed by atoms with Gasteiger partial charge in [0, 0.05) is 12.1 Å². The van der Waals surface area contributed by atoms with Crippen LogP contribution in [0.2, 0.25) is 0 Å². The summed E-state index contributed by atoms with van der Waals surface area (Å²) in [6.45, 7) is 0. The van der Waals surface area contributed by atoms with Gasteiger partial charge < -0.3 is 0 Å². The largest absolute Gasteiger partial charge is 0.317 e. The molecule has 0 aliphatic carbocycles. The molecule has 0 aliphatic heterocycles. The molecule has 0 atom stereocenters. The van der Waals surface area contributed by atoms with Gasteiger partial charge in [-0.2, -0.15) is 11.3 Å². The Balaban J connectivity index is 0.000000112. The Hall–Kier alpha value is -1.15. The molecule has 0 spiro atoms. The van der Waals surface area contributed by atoms with E-state index in [1.165, 1.54) is 0 Å². The molecule has 2 heterocycles. The summed E-state index contributed by atoms with van der Waals surface area (Å²) in [6, 6.07) is 9.61. The van der Waals surface area contributed by atoms with Gasteiger partial charge in [0.05, 0.1) is 0 Å². The van der Waals surface area contributed by atoms with Crippen LogP contribution in [0.5, 0.6) is 0 Å². The molecule has 2 heteroatoms. The van der Waals surface area contributed by atoms with Crippen molar-refractivity contribution in [1.29, 1.82) is 0 Å². The molecule has 2 aromatic rings. The average molecular weight is 165 g/mol. The van der Waals surface area contributed by atoms with Crippen molar-refractivity contribution in [3.63, 3.8) is 0 Å². The zero-order chi connectivity index (χ0) is 7.78. The van der Waals surface area contributed by atoms with E-state index in [1.807, 2.05) is 41.1 Å². The van der Waals surface area contributed by atoms with Crippen LogP contribution in [-0.4, -0.2) is 0 Å². The van der Waals surface area contributed by atoms with Gasteiger partial charge in [0.1, 0.15) is 0 Å². The van der Waals surface area contributed by atoms with E-state index in [4.69, 9.17) is 0 Å². The summed E-state index contributed by atoms with van der Waals surface area (Å²) in [7, 11) is 0. The van der Waals surface area contributed by atoms with Crippen molar-refractivity contribution in [1.82, 2.24) is 0 Å². The fourth-order valence-corrected chi connectivity index (χ4v) is 0.971. The van der Waals surface area contributed by atoms with E-state index in [0.29, 0.717) is 0 Å². The fourth-order valence-electron chi connectivity index (χ4n) is 0.518. The number of thiophene rings is 1. The first-order chi connectivity index (χ1) is 5.50. The highest BCUT2D eigenvalue weighted by molar-refractivity contribution is 7.07. The van der Waals surface area contributed by atoms with Crippen molar-refractivity contribution in [3.05, 3.63) is 53.6 Å². The average Bonchev–Trinajstić information content (AvgIpc) is 2.64. The molecule has 0 amide bonds. The zero-order valence-electron chi connectivity index (χ0n) is 6.01. The summed E-state index contributed by atoms with van der Waals surface area (Å²) in [5.41, 5.74) is 0. The Morgan fingerprint density at radius 1 is 0.727 bits per heavy atom. The summed E-state index contributed by atoms with van der Waals surface area (Å²) < 4.78 is 4.68. The predicted octanol–water partition coefficient (Wildman–Crippen LogP) is 3.31. The molecule has 56 valence electrons. The van der Waals surface area contributed by atoms with Gasteiger partial charge in [-0.3, -0.25) is 0 Å². The van der Waals surface area contributed by atoms with Gasteiger partial charge in [-0.05, 0) is 16.8 Å². The van der Waals surface area contributed by atoms with Crippen molar-refractivity contribution < 1.29 is 4.42 Å². The normalized spacial score (nSPS) is 8.00. The van der Waals surface area contributed by atoms with Crippen LogP contribution in [0.4, 0.5) is 0 Å². The second-order valence-electron chi connectivity index (χ2n) is 1.78. The molecule has 0 saturated carbocycles. The second-order valence-corrected chi connectivity index (χ2v) is 2.60. The van der Waals surface area contributed by atoms with E-state index in [-0.39, 0.29) is 0 Å². The monoisotopic (exact) mass is 165 g/mol. The first kappa shape index (κ1) is 7.95. The second kappa shape index (κ2) is 5.62. The third-order valence-corrected chi connectivity index (χ3v) is 1.59. The van der Waals surface area contributed by atoms with Crippen molar-refractivity contribution in [2.45, 2.75) is 0 Å². The van der Waals surface area contributed by atoms with Crippen molar-refractivity contribution in [2.24, 2.45) is 0 Å². The molecular weight excluding hydrogens is 156 g/mol. The molecule has 0 radical (unpaired) electrons. The maximum absolute atomic E-state index is 4.68. The lowest BCUT2D eigenvalue weighted by Crippen LogP contribution is -1.47. The molecule has 2 aromatic heterocycles. The van der Waals surface area contributed by atoms with Gasteiger partial charge in [-0.1, -0.05) is 12.1 Å². The number of rotatable bonds is 0. The molecule has 1 nitrogen and oxygen atoms in total. The summed E-state index contributed by atoms with van der Waals surface area (Å²) in [4.78, 5) is 0. The Kier molecular flexibility index (Phi) is 4.06. The Labute approximate surface area is 69.9 Å². The quantitative estimate of drug-likeness (QED) is 0.545. The maximum Gasteiger partial charge on any atom is 0.317 e. The lowest BCUT2D eigenvalue weighted by molar-refractivity contribution is 0.550. The van der Waals surface area contributed by atoms with Gasteiger partial charge in [0.2, 0.25) is 0 Å². The predicted molar refractivity (Wildman–Crippen MR) is 47.4 cm³/mol. The standard InChI is InChI=1S/C5H5O.C4H4S/c1-2-4-6-5-3-1;1-2-4-5-3-1/h1-5H;1-4H/q+1;. The van der Waals surface area contributed by atoms with E-state index in [9.17, 15) is 0 Å². The highest BCUT2D eigenvalue weighted by atomic mass is 32.1. The van der Waals surface area contributed by atoms with Crippen LogP contribution in [-0.2, 0) is 0 Å². The van der Waals surface area contributed by atoms with Gasteiger partial charge >= 0.3 is 12.5 Å². The van der Waals surface area contributed by atoms with Crippen LogP contribution >= 0.6 is 11.3 Å². The highest BCUT2D eigenvalue weighted by Crippen LogP contribution is 1.91. The minimum absolute atomic E-state index is 1.62. The molecule has 2 rings (SSSR count). The lowest BCUT2D eigenvalue weighted by Gasteiger charge is -1.57. The van der Waals surface area contributed by atoms with Crippen LogP contribution in [0.1, 0.15) is 0 Å². The maximum atomic E-state index is 4.68. The first-order valence-electron chi connectivity index (χ1n) is 3.28. The SMILES string of the molecule is c1cc[o+]cc1.c1ccsc1. The Morgan fingerprint density at radius 2 is 1.36 bits per heavy atom. The third kappa shape index (κ3) is 4.28. The summed E-state index contributed by atoms with van der Waals surface area (Å²) >= 11 is 1.71. The van der Waals surface area contributed by atoms with E-state index in [1.54, 1.807) is 23.9 Å². The summed E-state index contributed by atoms with van der Waals surface area (Å²) in [5.74, 6) is 0. The molecular formula is C9H9OS+. The molecule has 0 aromatic carbocycles. The molecule has 0 aliphatic rings. The van der Waals surface area contributed by atoms with Crippen LogP contribution < -0.4 is 0 Å². The van der Waals surface area contributed by atoms with Crippen LogP contribution in [0, 0.1) is 0 Å². The zero-order valence-corrected chi connectivity index (χ0v) is 6.83. The van der Waals surface area contributed by atoms with Crippen molar-refractivity contribution >= 4 is 11.3 Å². The number of hydrogen-bond donors (Lipinski definition) is 0. The topological polar surface area (TPSA) is 11.3 Å². The van der Waals surface area contributed by atoms with Crippen LogP contribution in [0.3, 0.4) is 0 Å². The molecule has 11 heavy (non-hydrogen) atoms. The number of hydrogen-bond acceptors (Lipinski definition) is 1. The van der Waals surface area contributed by atoms with Gasteiger partial charge in [0.25, 0.3) is 0 Å². The van der Waals surface area contributed by atoms with Crippen molar-refractivity contribution in [3.8, 4) is 0 Å². The smallest absolute Gasteiger partial charge is 0.224 e. The summed E-state index contributed by atoms with van der Waals surface area (Å²) in [6.07, 6.45) is 3.25. The fraction of sp³-hybridized carbons (Fsp3) is 0. The molecule has 0 unspecified atom stereocenters. The highest BCUT2D eigenvalue weighted by Gasteiger charge is 1.72. The Bertz CT molecular complexity index is 195. The first-order valence-corrected chi connectivity index (χ1v) is 4.22. The minimum atomic E-state index is 1.62. The molecule has 0 fully saturated rings. The lowest BCUT2D eigenvalue weighted by atomic mass is 10.6. The summed E-state index contributed by atoms with van der Waals surface area (Å²) in [5, 5.41) is 4.08. The van der Waals surface area contributed by atoms with E-state index in [2.05, 4.69) is 4.42 Å². The minimum Gasteiger partial charge on any atom is -0.224 e. The van der Waals surface area contributed by atoms with E-state index >= 15 is 0 Å². The third-order valence-electron chi connectivity index (χ3n) is 0.962. The molecule has 0 N–H and O–H groups in total. The van der Waals surface area contributed by atoms with E-state index < -0.39 is 0 Å². The van der Waals surface area contributed by atoms with Gasteiger partial charge in [-0.15, -0.1) is 0 Å². The van der Waals surface area contributed by atoms with Gasteiger partial charge in [0.15, 0.2) is 0 Å². The molecule has 0 saturated heterocycles. The van der Waals surface area contributed by atoms with Crippen molar-refractivity contribution in [2.75, 3.05) is 0 Å².